The molecule has 7 N–H and O–H groups in total. The van der Waals surface area contributed by atoms with Gasteiger partial charge in [0.05, 0.1) is 29.8 Å². The molecule has 24 nitrogen and oxygen atoms in total. The quantitative estimate of drug-likeness (QED) is 0.00673. The Morgan fingerprint density at radius 1 is 0.825 bits per heavy atom. The summed E-state index contributed by atoms with van der Waals surface area (Å²) >= 11 is 0.423. The number of benzene rings is 4. The smallest absolute Gasteiger partial charge is 0.573 e. The third-order valence-corrected chi connectivity index (χ3v) is 10.1. The number of aromatic nitrogens is 2. The van der Waals surface area contributed by atoms with Crippen LogP contribution in [0.4, 0.5) is 37.2 Å². The number of rotatable bonds is 14. The Balaban J connectivity index is 0.00000122. The third kappa shape index (κ3) is 16.0. The molecule has 4 aromatic carbocycles. The van der Waals surface area contributed by atoms with E-state index in [4.69, 9.17) is 5.26 Å². The number of carbonyl (C=O) groups is 1. The molecule has 31 heteroatoms. The number of carboxylic acid groups (broad SMARTS) is 1. The van der Waals surface area contributed by atoms with Gasteiger partial charge in [0.15, 0.2) is 11.6 Å². The van der Waals surface area contributed by atoms with Crippen LogP contribution >= 0.6 is 12.0 Å². The molecule has 1 aromatic heterocycles. The van der Waals surface area contributed by atoms with Gasteiger partial charge >= 0.3 is 23.0 Å². The van der Waals surface area contributed by atoms with Gasteiger partial charge in [-0.1, -0.05) is 11.1 Å². The van der Waals surface area contributed by atoms with Crippen molar-refractivity contribution in [2.24, 2.45) is 25.6 Å². The SMILES string of the molecule is CF.CNc1ccc(N=Nc2cc(C(N=Nc3cc(S(=O)(=O)O)cc(S(=O)(=O)O)c3O)=N[N-]c3cc(SOOO)ccc3C(=O)O)ccc2S(=O)(=O)O)cc1.Fc1ccncn1.[Cu+]. The van der Waals surface area contributed by atoms with Crippen molar-refractivity contribution < 1.29 is 94.4 Å². The minimum atomic E-state index is -5.33. The Morgan fingerprint density at radius 3 is 2.02 bits per heavy atom. The van der Waals surface area contributed by atoms with Crippen LogP contribution in [0.5, 0.6) is 5.75 Å². The number of hydrogen-bond donors (Lipinski definition) is 7. The zero-order chi connectivity index (χ0) is 46.3. The van der Waals surface area contributed by atoms with Crippen molar-refractivity contribution in [3.8, 4) is 5.75 Å². The Morgan fingerprint density at radius 2 is 1.49 bits per heavy atom. The van der Waals surface area contributed by atoms with Gasteiger partial charge in [-0.15, -0.1) is 25.4 Å². The van der Waals surface area contributed by atoms with E-state index in [1.807, 2.05) is 0 Å². The van der Waals surface area contributed by atoms with Crippen molar-refractivity contribution >= 4 is 82.6 Å². The minimum Gasteiger partial charge on any atom is -0.573 e. The number of aromatic hydroxyl groups is 1. The van der Waals surface area contributed by atoms with Crippen LogP contribution in [-0.4, -0.2) is 90.4 Å². The van der Waals surface area contributed by atoms with E-state index in [1.165, 1.54) is 30.5 Å². The Hall–Kier alpha value is -5.96. The fourth-order valence-corrected chi connectivity index (χ4v) is 6.47. The van der Waals surface area contributed by atoms with Crippen LogP contribution < -0.4 is 5.32 Å². The zero-order valence-electron chi connectivity index (χ0n) is 31.3. The van der Waals surface area contributed by atoms with Gasteiger partial charge in [-0.3, -0.25) is 18.0 Å². The van der Waals surface area contributed by atoms with Gasteiger partial charge < -0.3 is 26.1 Å². The number of alkyl halides is 1. The number of anilines is 1. The molecule has 0 saturated carbocycles. The van der Waals surface area contributed by atoms with Crippen LogP contribution in [-0.2, 0) is 56.8 Å². The summed E-state index contributed by atoms with van der Waals surface area (Å²) in [5, 5.41) is 54.1. The Kier molecular flexibility index (Phi) is 20.3. The first kappa shape index (κ1) is 53.2. The van der Waals surface area contributed by atoms with Crippen molar-refractivity contribution in [2.45, 2.75) is 19.6 Å². The summed E-state index contributed by atoms with van der Waals surface area (Å²) in [5.74, 6) is -4.03. The molecule has 0 radical (unpaired) electrons. The van der Waals surface area contributed by atoms with E-state index in [2.05, 4.69) is 55.6 Å². The van der Waals surface area contributed by atoms with E-state index in [-0.39, 0.29) is 45.0 Å². The molecular weight excluding hydrogens is 980 g/mol. The second kappa shape index (κ2) is 24.0. The van der Waals surface area contributed by atoms with E-state index in [1.54, 1.807) is 19.2 Å². The molecule has 0 bridgehead atoms. The fourth-order valence-electron chi connectivity index (χ4n) is 4.24. The number of phenolic OH excluding ortho intramolecular Hbond substituents is 1. The molecule has 5 aromatic rings. The van der Waals surface area contributed by atoms with Gasteiger partial charge in [-0.2, -0.15) is 34.8 Å². The summed E-state index contributed by atoms with van der Waals surface area (Å²) in [6.07, 6.45) is 2.51. The van der Waals surface area contributed by atoms with Crippen LogP contribution in [0.15, 0.2) is 137 Å². The molecule has 0 atom stereocenters. The first-order valence-corrected chi connectivity index (χ1v) is 20.9. The minimum absolute atomic E-state index is 0. The first-order chi connectivity index (χ1) is 29.2. The molecule has 0 saturated heterocycles. The van der Waals surface area contributed by atoms with Gasteiger partial charge in [-0.05, 0) is 66.7 Å². The van der Waals surface area contributed by atoms with Crippen molar-refractivity contribution in [2.75, 3.05) is 19.5 Å². The van der Waals surface area contributed by atoms with Gasteiger partial charge in [0.25, 0.3) is 30.4 Å². The van der Waals surface area contributed by atoms with E-state index < -0.39 is 85.5 Å². The fraction of sp³-hybridized carbons (Fsp3) is 0.0625. The number of halogens is 2. The molecule has 0 unspecified atom stereocenters. The first-order valence-electron chi connectivity index (χ1n) is 15.9. The average molecular weight is 1010 g/mol. The molecule has 0 aliphatic heterocycles. The number of azo groups is 2. The van der Waals surface area contributed by atoms with Crippen molar-refractivity contribution in [1.82, 2.24) is 9.97 Å². The van der Waals surface area contributed by atoms with E-state index in [9.17, 15) is 62.7 Å². The predicted molar refractivity (Wildman–Crippen MR) is 211 cm³/mol. The van der Waals surface area contributed by atoms with Gasteiger partial charge in [0.1, 0.15) is 27.5 Å². The van der Waals surface area contributed by atoms with Crippen LogP contribution in [0.3, 0.4) is 0 Å². The summed E-state index contributed by atoms with van der Waals surface area (Å²) in [6.45, 7) is 0. The van der Waals surface area contributed by atoms with Crippen LogP contribution in [0.2, 0.25) is 0 Å². The van der Waals surface area contributed by atoms with Gasteiger partial charge in [0.2, 0.25) is 5.95 Å². The van der Waals surface area contributed by atoms with Crippen molar-refractivity contribution in [3.63, 3.8) is 0 Å². The number of phenols is 1. The number of amidine groups is 1. The molecule has 0 aliphatic carbocycles. The van der Waals surface area contributed by atoms with Crippen LogP contribution in [0.1, 0.15) is 15.9 Å². The molecule has 0 aliphatic rings. The largest absolute Gasteiger partial charge is 1.00 e. The topological polar surface area (TPSA) is 373 Å². The molecular formula is C32H28CuF2N9O15S4. The molecule has 0 amide bonds. The number of nitrogens with one attached hydrogen (secondary N) is 1. The second-order valence-electron chi connectivity index (χ2n) is 10.9. The monoisotopic (exact) mass is 1010 g/mol. The summed E-state index contributed by atoms with van der Waals surface area (Å²) in [6, 6.07) is 14.4. The van der Waals surface area contributed by atoms with Crippen LogP contribution in [0, 0.1) is 5.95 Å². The van der Waals surface area contributed by atoms with Crippen LogP contribution in [0.25, 0.3) is 5.43 Å². The summed E-state index contributed by atoms with van der Waals surface area (Å²) < 4.78 is 126. The second-order valence-corrected chi connectivity index (χ2v) is 15.8. The number of hydrogen-bond acceptors (Lipinski definition) is 19. The van der Waals surface area contributed by atoms with E-state index >= 15 is 0 Å². The third-order valence-electron chi connectivity index (χ3n) is 6.94. The normalized spacial score (nSPS) is 11.8. The molecule has 0 spiro atoms. The molecule has 5 rings (SSSR count). The van der Waals surface area contributed by atoms with Crippen molar-refractivity contribution in [1.29, 1.82) is 0 Å². The maximum Gasteiger partial charge on any atom is 1.00 e. The van der Waals surface area contributed by atoms with E-state index in [0.717, 1.165) is 36.7 Å². The number of carboxylic acids is 1. The Bertz CT molecular complexity index is 2810. The van der Waals surface area contributed by atoms with Gasteiger partial charge in [0, 0.05) is 41.0 Å². The zero-order valence-corrected chi connectivity index (χ0v) is 35.5. The molecule has 340 valence electrons. The summed E-state index contributed by atoms with van der Waals surface area (Å²) in [5.41, 5.74) is 2.20. The summed E-state index contributed by atoms with van der Waals surface area (Å²) in [7, 11) is -13.3. The van der Waals surface area contributed by atoms with Gasteiger partial charge in [-0.25, -0.2) is 20.0 Å². The molecule has 0 fully saturated rings. The molecule has 63 heavy (non-hydrogen) atoms. The predicted octanol–water partition coefficient (Wildman–Crippen LogP) is 7.07. The average Bonchev–Trinajstić information content (AvgIpc) is 3.22. The Labute approximate surface area is 369 Å². The standard InChI is InChI=1S/C27H23N7O15S4.C4H3FN2.CH3F.Cu/c1-28-15-3-5-16(6-4-15)29-31-21-10-14(2-9-23(21)52(42,43)44)26(33-30-20-11-17(50-49-48-38)7-8-19(20)27(36)37)34-32-22-12-18(51(39,40)41)13-24(25(22)35)53(45,46)47;5-4-1-2-6-3-7-4;1-2;/h2-13H,1H3,(H8,28,29,30,31,32,33,34,35,36,37,38,39,40,41,42,43,44,45,46,47);1-3H;1H3;/q;;;+1/p-1. The molecule has 1 heterocycles. The number of nitrogens with zero attached hydrogens (tertiary/aromatic N) is 8. The maximum absolute atomic E-state index is 12.2. The maximum atomic E-state index is 12.2. The van der Waals surface area contributed by atoms with E-state index in [0.29, 0.717) is 31.0 Å². The summed E-state index contributed by atoms with van der Waals surface area (Å²) in [4.78, 5) is 15.4. The number of aromatic carboxylic acids is 1. The van der Waals surface area contributed by atoms with Crippen molar-refractivity contribution in [3.05, 3.63) is 114 Å².